The number of nitrogens with one attached hydrogen (secondary N) is 3. The highest BCUT2D eigenvalue weighted by atomic mass is 35.5. The van der Waals surface area contributed by atoms with Gasteiger partial charge in [0.25, 0.3) is 5.91 Å². The van der Waals surface area contributed by atoms with Gasteiger partial charge in [0, 0.05) is 17.6 Å². The van der Waals surface area contributed by atoms with Gasteiger partial charge in [0.15, 0.2) is 6.61 Å². The van der Waals surface area contributed by atoms with Gasteiger partial charge in [-0.3, -0.25) is 4.79 Å². The maximum Gasteiger partial charge on any atom is 0.323 e. The minimum Gasteiger partial charge on any atom is -0.484 e. The van der Waals surface area contributed by atoms with Gasteiger partial charge in [-0.2, -0.15) is 15.0 Å². The number of anilines is 2. The largest absolute Gasteiger partial charge is 0.484 e. The summed E-state index contributed by atoms with van der Waals surface area (Å²) in [6.07, 6.45) is 0. The Balaban J connectivity index is 1.78. The monoisotopic (exact) mass is 422 g/mol. The van der Waals surface area contributed by atoms with Crippen molar-refractivity contribution in [3.8, 4) is 11.8 Å². The van der Waals surface area contributed by atoms with E-state index in [4.69, 9.17) is 21.1 Å². The Labute approximate surface area is 175 Å². The lowest BCUT2D eigenvalue weighted by Gasteiger charge is -2.12. The van der Waals surface area contributed by atoms with Gasteiger partial charge in [-0.05, 0) is 51.5 Å². The molecule has 0 saturated carbocycles. The molecule has 0 spiro atoms. The molecule has 0 bridgehead atoms. The van der Waals surface area contributed by atoms with Gasteiger partial charge in [-0.15, -0.1) is 0 Å². The summed E-state index contributed by atoms with van der Waals surface area (Å²) < 4.78 is 11.1. The standard InChI is InChI=1S/C19H27ClN6O3/c1-5-21-17-24-18(23-12(2)3)26-19(25-17)28-9-8-22-16(27)11-29-15-7-6-14(20)10-13(15)4/h6-7,10,12H,5,8-9,11H2,1-4H3,(H,22,27)(H2,21,23,24,25,26). The number of carbonyl (C=O) groups is 1. The molecular formula is C19H27ClN6O3. The van der Waals surface area contributed by atoms with Crippen LogP contribution < -0.4 is 25.4 Å². The van der Waals surface area contributed by atoms with E-state index in [0.29, 0.717) is 29.2 Å². The summed E-state index contributed by atoms with van der Waals surface area (Å²) in [6.45, 7) is 8.86. The first-order valence-corrected chi connectivity index (χ1v) is 9.80. The third kappa shape index (κ3) is 7.98. The number of amides is 1. The summed E-state index contributed by atoms with van der Waals surface area (Å²) in [4.78, 5) is 24.6. The van der Waals surface area contributed by atoms with Crippen molar-refractivity contribution in [1.29, 1.82) is 0 Å². The molecule has 0 aliphatic carbocycles. The molecule has 1 heterocycles. The van der Waals surface area contributed by atoms with Crippen LogP contribution in [0.4, 0.5) is 11.9 Å². The molecule has 1 aromatic carbocycles. The molecular weight excluding hydrogens is 396 g/mol. The summed E-state index contributed by atoms with van der Waals surface area (Å²) >= 11 is 5.91. The molecule has 9 nitrogen and oxygen atoms in total. The molecule has 0 unspecified atom stereocenters. The Morgan fingerprint density at radius 3 is 2.62 bits per heavy atom. The number of carbonyl (C=O) groups excluding carboxylic acids is 1. The van der Waals surface area contributed by atoms with Crippen molar-refractivity contribution < 1.29 is 14.3 Å². The zero-order valence-electron chi connectivity index (χ0n) is 17.1. The van der Waals surface area contributed by atoms with Crippen molar-refractivity contribution >= 4 is 29.4 Å². The Kier molecular flexibility index (Phi) is 8.72. The molecule has 3 N–H and O–H groups in total. The molecule has 0 aliphatic heterocycles. The minimum absolute atomic E-state index is 0.0960. The molecule has 0 aliphatic rings. The fourth-order valence-electron chi connectivity index (χ4n) is 2.28. The summed E-state index contributed by atoms with van der Waals surface area (Å²) in [7, 11) is 0. The fraction of sp³-hybridized carbons (Fsp3) is 0.474. The maximum atomic E-state index is 11.9. The van der Waals surface area contributed by atoms with Gasteiger partial charge in [0.1, 0.15) is 12.4 Å². The molecule has 0 saturated heterocycles. The zero-order chi connectivity index (χ0) is 21.2. The van der Waals surface area contributed by atoms with Crippen molar-refractivity contribution in [2.75, 3.05) is 36.9 Å². The number of ether oxygens (including phenoxy) is 2. The highest BCUT2D eigenvalue weighted by molar-refractivity contribution is 6.30. The molecule has 1 amide bonds. The first-order valence-electron chi connectivity index (χ1n) is 9.42. The number of rotatable bonds is 11. The van der Waals surface area contributed by atoms with E-state index in [1.54, 1.807) is 18.2 Å². The second kappa shape index (κ2) is 11.3. The molecule has 0 radical (unpaired) electrons. The van der Waals surface area contributed by atoms with Gasteiger partial charge in [-0.1, -0.05) is 11.6 Å². The Hall–Kier alpha value is -2.81. The number of hydrogen-bond acceptors (Lipinski definition) is 8. The summed E-state index contributed by atoms with van der Waals surface area (Å²) in [5, 5.41) is 9.50. The average Bonchev–Trinajstić information content (AvgIpc) is 2.64. The average molecular weight is 423 g/mol. The summed E-state index contributed by atoms with van der Waals surface area (Å²) in [5.74, 6) is 1.22. The molecule has 10 heteroatoms. The lowest BCUT2D eigenvalue weighted by molar-refractivity contribution is -0.123. The van der Waals surface area contributed by atoms with Crippen LogP contribution in [-0.2, 0) is 4.79 Å². The third-order valence-electron chi connectivity index (χ3n) is 3.52. The Morgan fingerprint density at radius 2 is 1.93 bits per heavy atom. The van der Waals surface area contributed by atoms with Crippen molar-refractivity contribution in [2.45, 2.75) is 33.7 Å². The van der Waals surface area contributed by atoms with E-state index >= 15 is 0 Å². The molecule has 0 atom stereocenters. The Bertz CT molecular complexity index is 819. The zero-order valence-corrected chi connectivity index (χ0v) is 17.8. The lowest BCUT2D eigenvalue weighted by Crippen LogP contribution is -2.32. The quantitative estimate of drug-likeness (QED) is 0.474. The molecule has 158 valence electrons. The van der Waals surface area contributed by atoms with E-state index in [1.165, 1.54) is 0 Å². The molecule has 2 rings (SSSR count). The van der Waals surface area contributed by atoms with Crippen LogP contribution in [0.1, 0.15) is 26.3 Å². The molecule has 29 heavy (non-hydrogen) atoms. The van der Waals surface area contributed by atoms with E-state index in [2.05, 4.69) is 30.9 Å². The van der Waals surface area contributed by atoms with Crippen LogP contribution in [-0.4, -0.2) is 53.2 Å². The normalized spacial score (nSPS) is 10.6. The first-order chi connectivity index (χ1) is 13.9. The summed E-state index contributed by atoms with van der Waals surface area (Å²) in [5.41, 5.74) is 0.866. The molecule has 1 aromatic heterocycles. The summed E-state index contributed by atoms with van der Waals surface area (Å²) in [6, 6.07) is 5.58. The van der Waals surface area contributed by atoms with Crippen LogP contribution in [0.3, 0.4) is 0 Å². The van der Waals surface area contributed by atoms with Crippen molar-refractivity contribution in [1.82, 2.24) is 20.3 Å². The second-order valence-electron chi connectivity index (χ2n) is 6.49. The number of benzene rings is 1. The van der Waals surface area contributed by atoms with Crippen LogP contribution in [0.15, 0.2) is 18.2 Å². The van der Waals surface area contributed by atoms with Crippen molar-refractivity contribution in [3.05, 3.63) is 28.8 Å². The van der Waals surface area contributed by atoms with Crippen molar-refractivity contribution in [3.63, 3.8) is 0 Å². The van der Waals surface area contributed by atoms with Crippen molar-refractivity contribution in [2.24, 2.45) is 0 Å². The second-order valence-corrected chi connectivity index (χ2v) is 6.93. The van der Waals surface area contributed by atoms with Gasteiger partial charge < -0.3 is 25.4 Å². The predicted molar refractivity (Wildman–Crippen MR) is 113 cm³/mol. The topological polar surface area (TPSA) is 110 Å². The third-order valence-corrected chi connectivity index (χ3v) is 3.75. The van der Waals surface area contributed by atoms with Crippen LogP contribution in [0.2, 0.25) is 5.02 Å². The number of aryl methyl sites for hydroxylation is 1. The molecule has 2 aromatic rings. The number of halogens is 1. The van der Waals surface area contributed by atoms with E-state index in [9.17, 15) is 4.79 Å². The number of nitrogens with zero attached hydrogens (tertiary/aromatic N) is 3. The van der Waals surface area contributed by atoms with Gasteiger partial charge in [-0.25, -0.2) is 0 Å². The maximum absolute atomic E-state index is 11.9. The minimum atomic E-state index is -0.255. The van der Waals surface area contributed by atoms with Gasteiger partial charge in [0.2, 0.25) is 11.9 Å². The fourth-order valence-corrected chi connectivity index (χ4v) is 2.51. The van der Waals surface area contributed by atoms with Crippen LogP contribution in [0.25, 0.3) is 0 Å². The highest BCUT2D eigenvalue weighted by Gasteiger charge is 2.09. The number of aromatic nitrogens is 3. The SMILES string of the molecule is CCNc1nc(NC(C)C)nc(OCCNC(=O)COc2ccc(Cl)cc2C)n1. The molecule has 0 fully saturated rings. The highest BCUT2D eigenvalue weighted by Crippen LogP contribution is 2.21. The van der Waals surface area contributed by atoms with Gasteiger partial charge in [0.05, 0.1) is 6.54 Å². The predicted octanol–water partition coefficient (Wildman–Crippen LogP) is 2.66. The van der Waals surface area contributed by atoms with Crippen LogP contribution in [0, 0.1) is 6.92 Å². The smallest absolute Gasteiger partial charge is 0.323 e. The first kappa shape index (κ1) is 22.5. The van der Waals surface area contributed by atoms with E-state index < -0.39 is 0 Å². The van der Waals surface area contributed by atoms with Crippen LogP contribution in [0.5, 0.6) is 11.8 Å². The van der Waals surface area contributed by atoms with Crippen LogP contribution >= 0.6 is 11.6 Å². The van der Waals surface area contributed by atoms with E-state index in [1.807, 2.05) is 27.7 Å². The number of hydrogen-bond donors (Lipinski definition) is 3. The van der Waals surface area contributed by atoms with E-state index in [-0.39, 0.29) is 37.7 Å². The Morgan fingerprint density at radius 1 is 1.17 bits per heavy atom. The van der Waals surface area contributed by atoms with E-state index in [0.717, 1.165) is 5.56 Å². The van der Waals surface area contributed by atoms with Gasteiger partial charge >= 0.3 is 6.01 Å². The lowest BCUT2D eigenvalue weighted by atomic mass is 10.2.